The SMILES string of the molecule is NCCCN(C(=O)c1cc[nH]c(=O)c1)C1CC1. The first-order valence-corrected chi connectivity index (χ1v) is 5.92. The van der Waals surface area contributed by atoms with Gasteiger partial charge in [0.05, 0.1) is 0 Å². The van der Waals surface area contributed by atoms with Crippen LogP contribution in [0.15, 0.2) is 23.1 Å². The zero-order valence-corrected chi connectivity index (χ0v) is 9.69. The van der Waals surface area contributed by atoms with Gasteiger partial charge in [0.15, 0.2) is 0 Å². The molecule has 92 valence electrons. The van der Waals surface area contributed by atoms with E-state index < -0.39 is 0 Å². The van der Waals surface area contributed by atoms with Crippen LogP contribution in [0, 0.1) is 0 Å². The molecule has 1 fully saturated rings. The Bertz CT molecular complexity index is 451. The number of nitrogens with zero attached hydrogens (tertiary/aromatic N) is 1. The van der Waals surface area contributed by atoms with Gasteiger partial charge in [-0.25, -0.2) is 0 Å². The zero-order chi connectivity index (χ0) is 12.3. The zero-order valence-electron chi connectivity index (χ0n) is 9.69. The summed E-state index contributed by atoms with van der Waals surface area (Å²) in [4.78, 5) is 27.7. The minimum atomic E-state index is -0.245. The molecule has 3 N–H and O–H groups in total. The Kier molecular flexibility index (Phi) is 3.58. The summed E-state index contributed by atoms with van der Waals surface area (Å²) < 4.78 is 0. The summed E-state index contributed by atoms with van der Waals surface area (Å²) in [7, 11) is 0. The van der Waals surface area contributed by atoms with Gasteiger partial charge in [0, 0.05) is 30.4 Å². The lowest BCUT2D eigenvalue weighted by Gasteiger charge is -2.22. The van der Waals surface area contributed by atoms with Gasteiger partial charge in [0.25, 0.3) is 5.91 Å². The number of carbonyl (C=O) groups is 1. The Labute approximate surface area is 99.6 Å². The van der Waals surface area contributed by atoms with Gasteiger partial charge in [-0.2, -0.15) is 0 Å². The van der Waals surface area contributed by atoms with Crippen LogP contribution in [-0.2, 0) is 0 Å². The third kappa shape index (κ3) is 2.94. The Morgan fingerprint density at radius 1 is 1.53 bits per heavy atom. The molecular formula is C12H17N3O2. The molecule has 1 heterocycles. The van der Waals surface area contributed by atoms with Gasteiger partial charge in [-0.3, -0.25) is 9.59 Å². The molecule has 0 spiro atoms. The quantitative estimate of drug-likeness (QED) is 0.771. The van der Waals surface area contributed by atoms with Crippen LogP contribution in [0.4, 0.5) is 0 Å². The van der Waals surface area contributed by atoms with E-state index in [1.165, 1.54) is 12.3 Å². The monoisotopic (exact) mass is 235 g/mol. The second-order valence-electron chi connectivity index (χ2n) is 4.31. The Hall–Kier alpha value is -1.62. The van der Waals surface area contributed by atoms with Crippen molar-refractivity contribution < 1.29 is 4.79 Å². The van der Waals surface area contributed by atoms with Crippen molar-refractivity contribution in [1.29, 1.82) is 0 Å². The van der Waals surface area contributed by atoms with Crippen molar-refractivity contribution in [3.63, 3.8) is 0 Å². The normalized spacial score (nSPS) is 14.6. The van der Waals surface area contributed by atoms with Gasteiger partial charge in [0.2, 0.25) is 5.56 Å². The minimum absolute atomic E-state index is 0.0629. The first kappa shape index (κ1) is 11.9. The number of amides is 1. The summed E-state index contributed by atoms with van der Waals surface area (Å²) in [6, 6.07) is 3.33. The van der Waals surface area contributed by atoms with Crippen LogP contribution in [0.25, 0.3) is 0 Å². The largest absolute Gasteiger partial charge is 0.336 e. The van der Waals surface area contributed by atoms with Crippen molar-refractivity contribution in [2.45, 2.75) is 25.3 Å². The van der Waals surface area contributed by atoms with Gasteiger partial charge < -0.3 is 15.6 Å². The van der Waals surface area contributed by atoms with Crippen LogP contribution in [0.5, 0.6) is 0 Å². The van der Waals surface area contributed by atoms with Gasteiger partial charge in [0.1, 0.15) is 0 Å². The fourth-order valence-electron chi connectivity index (χ4n) is 1.84. The molecule has 0 saturated heterocycles. The van der Waals surface area contributed by atoms with Crippen LogP contribution in [0.2, 0.25) is 0 Å². The first-order valence-electron chi connectivity index (χ1n) is 5.92. The molecule has 5 heteroatoms. The lowest BCUT2D eigenvalue weighted by atomic mass is 10.2. The molecule has 1 aromatic heterocycles. The molecule has 0 radical (unpaired) electrons. The summed E-state index contributed by atoms with van der Waals surface area (Å²) in [6.07, 6.45) is 4.41. The summed E-state index contributed by atoms with van der Waals surface area (Å²) in [5, 5.41) is 0. The molecule has 1 amide bonds. The van der Waals surface area contributed by atoms with E-state index in [4.69, 9.17) is 5.73 Å². The van der Waals surface area contributed by atoms with E-state index in [-0.39, 0.29) is 11.5 Å². The maximum Gasteiger partial charge on any atom is 0.254 e. The molecule has 0 aromatic carbocycles. The van der Waals surface area contributed by atoms with Crippen LogP contribution in [0.1, 0.15) is 29.6 Å². The Balaban J connectivity index is 2.12. The van der Waals surface area contributed by atoms with Crippen LogP contribution >= 0.6 is 0 Å². The van der Waals surface area contributed by atoms with E-state index in [0.29, 0.717) is 24.7 Å². The van der Waals surface area contributed by atoms with Gasteiger partial charge >= 0.3 is 0 Å². The summed E-state index contributed by atoms with van der Waals surface area (Å²) in [6.45, 7) is 1.25. The lowest BCUT2D eigenvalue weighted by Crippen LogP contribution is -2.35. The maximum atomic E-state index is 12.2. The molecule has 1 aromatic rings. The number of nitrogens with one attached hydrogen (secondary N) is 1. The number of pyridine rings is 1. The lowest BCUT2D eigenvalue weighted by molar-refractivity contribution is 0.0742. The highest BCUT2D eigenvalue weighted by Crippen LogP contribution is 2.28. The first-order chi connectivity index (χ1) is 8.22. The third-order valence-electron chi connectivity index (χ3n) is 2.87. The maximum absolute atomic E-state index is 12.2. The average molecular weight is 235 g/mol. The van der Waals surface area contributed by atoms with E-state index in [1.54, 1.807) is 6.07 Å². The average Bonchev–Trinajstić information content (AvgIpc) is 3.14. The topological polar surface area (TPSA) is 79.2 Å². The molecular weight excluding hydrogens is 218 g/mol. The molecule has 5 nitrogen and oxygen atoms in total. The molecule has 1 saturated carbocycles. The number of hydrogen-bond donors (Lipinski definition) is 2. The van der Waals surface area contributed by atoms with Gasteiger partial charge in [-0.15, -0.1) is 0 Å². The van der Waals surface area contributed by atoms with Crippen molar-refractivity contribution in [2.24, 2.45) is 5.73 Å². The van der Waals surface area contributed by atoms with E-state index in [0.717, 1.165) is 19.3 Å². The summed E-state index contributed by atoms with van der Waals surface area (Å²) >= 11 is 0. The van der Waals surface area contributed by atoms with E-state index in [1.807, 2.05) is 4.90 Å². The molecule has 1 aliphatic rings. The van der Waals surface area contributed by atoms with Gasteiger partial charge in [-0.05, 0) is 31.9 Å². The molecule has 1 aliphatic carbocycles. The second kappa shape index (κ2) is 5.14. The fourth-order valence-corrected chi connectivity index (χ4v) is 1.84. The van der Waals surface area contributed by atoms with Gasteiger partial charge in [-0.1, -0.05) is 0 Å². The van der Waals surface area contributed by atoms with E-state index >= 15 is 0 Å². The molecule has 17 heavy (non-hydrogen) atoms. The fraction of sp³-hybridized carbons (Fsp3) is 0.500. The highest BCUT2D eigenvalue weighted by Gasteiger charge is 2.32. The van der Waals surface area contributed by atoms with E-state index in [9.17, 15) is 9.59 Å². The van der Waals surface area contributed by atoms with Crippen molar-refractivity contribution in [1.82, 2.24) is 9.88 Å². The highest BCUT2D eigenvalue weighted by molar-refractivity contribution is 5.94. The van der Waals surface area contributed by atoms with Crippen molar-refractivity contribution >= 4 is 5.91 Å². The third-order valence-corrected chi connectivity index (χ3v) is 2.87. The molecule has 0 atom stereocenters. The number of carbonyl (C=O) groups excluding carboxylic acids is 1. The number of hydrogen-bond acceptors (Lipinski definition) is 3. The van der Waals surface area contributed by atoms with Crippen LogP contribution < -0.4 is 11.3 Å². The number of H-pyrrole nitrogens is 1. The number of aromatic nitrogens is 1. The van der Waals surface area contributed by atoms with Crippen LogP contribution in [0.3, 0.4) is 0 Å². The van der Waals surface area contributed by atoms with Crippen molar-refractivity contribution in [3.8, 4) is 0 Å². The van der Waals surface area contributed by atoms with Crippen molar-refractivity contribution in [2.75, 3.05) is 13.1 Å². The standard InChI is InChI=1S/C12H17N3O2/c13-5-1-7-15(10-2-3-10)12(17)9-4-6-14-11(16)8-9/h4,6,8,10H,1-3,5,7,13H2,(H,14,16). The number of rotatable bonds is 5. The number of aromatic amines is 1. The van der Waals surface area contributed by atoms with Crippen LogP contribution in [-0.4, -0.2) is 34.9 Å². The summed E-state index contributed by atoms with van der Waals surface area (Å²) in [5.74, 6) is -0.0629. The molecule has 0 bridgehead atoms. The smallest absolute Gasteiger partial charge is 0.254 e. The molecule has 0 unspecified atom stereocenters. The molecule has 2 rings (SSSR count). The predicted molar refractivity (Wildman–Crippen MR) is 64.8 cm³/mol. The second-order valence-corrected chi connectivity index (χ2v) is 4.31. The molecule has 0 aliphatic heterocycles. The Morgan fingerprint density at radius 2 is 2.29 bits per heavy atom. The minimum Gasteiger partial charge on any atom is -0.336 e. The summed E-state index contributed by atoms with van der Waals surface area (Å²) in [5.41, 5.74) is 5.68. The van der Waals surface area contributed by atoms with E-state index in [2.05, 4.69) is 4.98 Å². The number of nitrogens with two attached hydrogens (primary N) is 1. The highest BCUT2D eigenvalue weighted by atomic mass is 16.2. The van der Waals surface area contributed by atoms with Crippen molar-refractivity contribution in [3.05, 3.63) is 34.2 Å². The predicted octanol–water partition coefficient (Wildman–Crippen LogP) is 0.328. The Morgan fingerprint density at radius 3 is 2.88 bits per heavy atom.